The maximum Gasteiger partial charge on any atom is 0.0660 e. The van der Waals surface area contributed by atoms with E-state index in [4.69, 9.17) is 37.9 Å². The maximum atomic E-state index is 5.89. The van der Waals surface area contributed by atoms with Crippen molar-refractivity contribution in [1.82, 2.24) is 39.2 Å². The van der Waals surface area contributed by atoms with Crippen LogP contribution < -0.4 is 0 Å². The minimum atomic E-state index is 0.149. The minimum absolute atomic E-state index is 0.149. The summed E-state index contributed by atoms with van der Waals surface area (Å²) < 4.78 is 44.2. The number of rotatable bonds is 40. The van der Waals surface area contributed by atoms with Crippen molar-refractivity contribution in [1.29, 1.82) is 0 Å². The molecule has 0 amide bonds. The molecule has 124 heavy (non-hydrogen) atoms. The third-order valence-corrected chi connectivity index (χ3v) is 28.5. The number of ether oxygens (including phenoxy) is 8. The highest BCUT2D eigenvalue weighted by molar-refractivity contribution is 4.97. The normalized spacial score (nSPS) is 18.1. The fraction of sp³-hybridized carbons (Fsp3) is 1.00. The van der Waals surface area contributed by atoms with Crippen LogP contribution in [0.15, 0.2) is 0 Å². The lowest BCUT2D eigenvalue weighted by atomic mass is 9.70. The van der Waals surface area contributed by atoms with Gasteiger partial charge < -0.3 is 57.5 Å². The van der Waals surface area contributed by atoms with Gasteiger partial charge in [-0.15, -0.1) is 0 Å². The van der Waals surface area contributed by atoms with Gasteiger partial charge in [0.05, 0.1) is 48.8 Å². The van der Waals surface area contributed by atoms with Crippen molar-refractivity contribution in [3.05, 3.63) is 0 Å². The van der Waals surface area contributed by atoms with E-state index in [1.807, 2.05) is 28.4 Å². The standard InChI is InChI=1S/C18H39NO.C17H37NO.C15H33NO.C14H31NO.C12H27NO.2C11H25NO.C10H23NO/c1-13(15(20-12)17(5,6)7)14(16(2,3)4)19(11)18(8,9)10;1-15(2,3)13(18(10)17(7,8)9)12-14(19-11)16(4,5)6;1-10(2)14(16(8)12(5)6)13(7)15(17-9)11(3)4;1-10(2)13(15(7)12(5)6)9-14(16-8)11(3)4;1-9(11(3)14-8)10(2)13(7)12(4,5)6;1-9(8-10(2)13-7)12(6)11(3,4)5;1-8(2)12(6)10(4)9(3)11(5)13-7;1-8(2)11(5)9(3)7-10(4)12-6/h13-15H,1-12H3;13-14H,12H2,1-11H3;10-15H,1-9H3;10-14H,9H2,1-8H3;9-11H,1-8H3;9-10H,8H2,1-7H3;8-11H,1-7H3;8-10H,7H2,1-6H3. The molecule has 0 aromatic heterocycles. The van der Waals surface area contributed by atoms with Crippen LogP contribution in [-0.4, -0.2) is 296 Å². The summed E-state index contributed by atoms with van der Waals surface area (Å²) in [6.07, 6.45) is 6.97. The van der Waals surface area contributed by atoms with Gasteiger partial charge in [-0.3, -0.25) is 19.6 Å². The molecule has 0 aromatic rings. The molecule has 0 aliphatic heterocycles. The Morgan fingerprint density at radius 3 is 0.847 bits per heavy atom. The zero-order valence-corrected chi connectivity index (χ0v) is 97.8. The molecule has 0 fully saturated rings. The molecule has 0 saturated heterocycles. The highest BCUT2D eigenvalue weighted by atomic mass is 16.5. The van der Waals surface area contributed by atoms with Crippen molar-refractivity contribution in [2.24, 2.45) is 69.0 Å². The van der Waals surface area contributed by atoms with Gasteiger partial charge in [-0.2, -0.15) is 0 Å². The third kappa shape index (κ3) is 57.2. The summed E-state index contributed by atoms with van der Waals surface area (Å²) in [5.41, 5.74) is 1.57. The highest BCUT2D eigenvalue weighted by Gasteiger charge is 2.45. The van der Waals surface area contributed by atoms with Crippen molar-refractivity contribution in [2.45, 2.75) is 529 Å². The first kappa shape index (κ1) is 139. The molecule has 0 N–H and O–H groups in total. The third-order valence-electron chi connectivity index (χ3n) is 28.5. The Hall–Kier alpha value is -0.640. The van der Waals surface area contributed by atoms with E-state index in [0.29, 0.717) is 156 Å². The minimum Gasteiger partial charge on any atom is -0.382 e. The molecule has 760 valence electrons. The van der Waals surface area contributed by atoms with Crippen LogP contribution >= 0.6 is 0 Å². The molecule has 0 aliphatic carbocycles. The first-order chi connectivity index (χ1) is 55.3. The van der Waals surface area contributed by atoms with Crippen molar-refractivity contribution >= 4 is 0 Å². The Morgan fingerprint density at radius 1 is 0.250 bits per heavy atom. The second-order valence-corrected chi connectivity index (χ2v) is 49.0. The number of methoxy groups -OCH3 is 8. The van der Waals surface area contributed by atoms with Crippen LogP contribution in [0.5, 0.6) is 0 Å². The first-order valence-electron chi connectivity index (χ1n) is 49.3. The summed E-state index contributed by atoms with van der Waals surface area (Å²) in [5, 5.41) is 0. The predicted molar refractivity (Wildman–Crippen MR) is 556 cm³/mol. The first-order valence-corrected chi connectivity index (χ1v) is 49.3. The SMILES string of the molecule is COC(C(C)C(N(C)C(C)(C)C)C(C)(C)C)C(C)(C)C.COC(C(C)C)C(C)C(C(C)C)N(C)C(C)C.COC(C)C(C)C(C)N(C)C(C)(C)C.COC(C)C(C)C(C)N(C)C(C)C.COC(C)CC(C)N(C)C(C)(C)C.COC(C)CC(C)N(C)C(C)C.COC(CC(C(C)C)N(C)C(C)C)C(C)C.COC(CC(N(C)C(C)(C)C)C(C)(C)C)C(C)(C)C. The Labute approximate surface area is 784 Å². The number of nitrogens with zero attached hydrogens (tertiary/aromatic N) is 8. The average molecular weight is 1780 g/mol. The second-order valence-electron chi connectivity index (χ2n) is 49.0. The molecule has 16 heteroatoms. The van der Waals surface area contributed by atoms with Crippen molar-refractivity contribution < 1.29 is 37.9 Å². The Kier molecular flexibility index (Phi) is 72.0. The fourth-order valence-electron chi connectivity index (χ4n) is 17.1. The highest BCUT2D eigenvalue weighted by Crippen LogP contribution is 2.41. The van der Waals surface area contributed by atoms with E-state index < -0.39 is 0 Å². The van der Waals surface area contributed by atoms with Gasteiger partial charge in [-0.05, 0) is 345 Å². The average Bonchev–Trinajstić information content (AvgIpc) is 0.789. The summed E-state index contributed by atoms with van der Waals surface area (Å²) >= 11 is 0. The van der Waals surface area contributed by atoms with Gasteiger partial charge in [0.2, 0.25) is 0 Å². The summed E-state index contributed by atoms with van der Waals surface area (Å²) in [4.78, 5) is 19.5. The smallest absolute Gasteiger partial charge is 0.0660 e. The van der Waals surface area contributed by atoms with E-state index in [1.165, 1.54) is 0 Å². The Balaban J connectivity index is -0.000000208. The van der Waals surface area contributed by atoms with E-state index in [1.54, 1.807) is 28.4 Å². The van der Waals surface area contributed by atoms with Crippen LogP contribution in [0.1, 0.15) is 386 Å². The lowest BCUT2D eigenvalue weighted by Gasteiger charge is -2.51. The maximum absolute atomic E-state index is 5.89. The largest absolute Gasteiger partial charge is 0.382 e. The number of hydrogen-bond donors (Lipinski definition) is 0. The predicted octanol–water partition coefficient (Wildman–Crippen LogP) is 26.3. The molecule has 0 bridgehead atoms. The fourth-order valence-corrected chi connectivity index (χ4v) is 17.1. The van der Waals surface area contributed by atoms with E-state index in [0.717, 1.165) is 25.7 Å². The van der Waals surface area contributed by atoms with Gasteiger partial charge in [0, 0.05) is 152 Å². The van der Waals surface area contributed by atoms with Crippen LogP contribution in [-0.2, 0) is 37.9 Å². The molecule has 20 unspecified atom stereocenters. The van der Waals surface area contributed by atoms with Crippen molar-refractivity contribution in [3.63, 3.8) is 0 Å². The molecular formula is C108H240N8O8. The van der Waals surface area contributed by atoms with Crippen LogP contribution in [0.25, 0.3) is 0 Å². The lowest BCUT2D eigenvalue weighted by Crippen LogP contribution is -2.57. The lowest BCUT2D eigenvalue weighted by molar-refractivity contribution is -0.0827. The molecule has 0 aromatic carbocycles. The van der Waals surface area contributed by atoms with E-state index in [-0.39, 0.29) is 56.0 Å². The van der Waals surface area contributed by atoms with Gasteiger partial charge in [0.25, 0.3) is 0 Å². The van der Waals surface area contributed by atoms with Crippen LogP contribution in [0.2, 0.25) is 0 Å². The molecule has 0 heterocycles. The Bertz CT molecular complexity index is 2480. The van der Waals surface area contributed by atoms with Gasteiger partial charge in [-0.1, -0.05) is 166 Å². The van der Waals surface area contributed by atoms with Crippen molar-refractivity contribution in [2.75, 3.05) is 113 Å². The van der Waals surface area contributed by atoms with Gasteiger partial charge in [0.15, 0.2) is 0 Å². The summed E-state index contributed by atoms with van der Waals surface area (Å²) in [5.74, 6) is 4.60. The van der Waals surface area contributed by atoms with Crippen LogP contribution in [0.4, 0.5) is 0 Å². The zero-order chi connectivity index (χ0) is 101. The van der Waals surface area contributed by atoms with E-state index >= 15 is 0 Å². The van der Waals surface area contributed by atoms with E-state index in [2.05, 4.69) is 456 Å². The van der Waals surface area contributed by atoms with Crippen LogP contribution in [0, 0.1) is 69.0 Å². The van der Waals surface area contributed by atoms with Gasteiger partial charge >= 0.3 is 0 Å². The molecule has 0 rings (SSSR count). The summed E-state index contributed by atoms with van der Waals surface area (Å²) in [6, 6.07) is 6.78. The zero-order valence-electron chi connectivity index (χ0n) is 97.8. The number of hydrogen-bond acceptors (Lipinski definition) is 16. The van der Waals surface area contributed by atoms with Gasteiger partial charge in [0.1, 0.15) is 0 Å². The van der Waals surface area contributed by atoms with Crippen LogP contribution in [0.3, 0.4) is 0 Å². The molecule has 20 atom stereocenters. The molecule has 0 saturated carbocycles. The molecule has 0 radical (unpaired) electrons. The van der Waals surface area contributed by atoms with Gasteiger partial charge in [-0.25, -0.2) is 0 Å². The summed E-state index contributed by atoms with van der Waals surface area (Å²) in [7, 11) is 32.1. The quantitative estimate of drug-likeness (QED) is 0.0581. The second kappa shape index (κ2) is 64.3. The molecule has 16 nitrogen and oxygen atoms in total. The summed E-state index contributed by atoms with van der Waals surface area (Å²) in [6.45, 7) is 118. The Morgan fingerprint density at radius 2 is 0.605 bits per heavy atom. The topological polar surface area (TPSA) is 99.8 Å². The molecule has 0 spiro atoms. The monoisotopic (exact) mass is 1780 g/mol. The van der Waals surface area contributed by atoms with E-state index in [9.17, 15) is 0 Å². The molecule has 0 aliphatic rings. The molecular weight excluding hydrogens is 1540 g/mol. The van der Waals surface area contributed by atoms with Crippen molar-refractivity contribution in [3.8, 4) is 0 Å².